The Kier molecular flexibility index (Phi) is 19.1. The summed E-state index contributed by atoms with van der Waals surface area (Å²) in [4.78, 5) is 21.3. The van der Waals surface area contributed by atoms with Gasteiger partial charge in [0.2, 0.25) is 0 Å². The summed E-state index contributed by atoms with van der Waals surface area (Å²) in [7, 11) is 1.44. The van der Waals surface area contributed by atoms with Crippen LogP contribution in [0.15, 0.2) is 0 Å². The van der Waals surface area contributed by atoms with Gasteiger partial charge in [0.1, 0.15) is 0 Å². The lowest BCUT2D eigenvalue weighted by Crippen LogP contribution is -2.01. The molecule has 0 aliphatic heterocycles. The zero-order valence-electron chi connectivity index (χ0n) is 16.1. The van der Waals surface area contributed by atoms with E-state index in [4.69, 9.17) is 5.11 Å². The van der Waals surface area contributed by atoms with Crippen LogP contribution in [0.3, 0.4) is 0 Å². The number of unbranched alkanes of at least 4 members (excludes halogenated alkanes) is 12. The van der Waals surface area contributed by atoms with Crippen LogP contribution in [0.25, 0.3) is 0 Å². The SMILES string of the molecule is COC(=O)CCSCCCCCCCCCCCCCCCC(=O)O. The molecule has 0 aromatic heterocycles. The maximum atomic E-state index is 10.9. The Morgan fingerprint density at radius 1 is 0.680 bits per heavy atom. The minimum absolute atomic E-state index is 0.106. The van der Waals surface area contributed by atoms with Crippen LogP contribution in [0, 0.1) is 0 Å². The first-order chi connectivity index (χ1) is 12.2. The maximum absolute atomic E-state index is 10.9. The molecule has 0 saturated heterocycles. The van der Waals surface area contributed by atoms with Gasteiger partial charge in [0.15, 0.2) is 0 Å². The van der Waals surface area contributed by atoms with E-state index in [-0.39, 0.29) is 5.97 Å². The minimum Gasteiger partial charge on any atom is -0.481 e. The molecular weight excluding hydrogens is 336 g/mol. The summed E-state index contributed by atoms with van der Waals surface area (Å²) >= 11 is 1.85. The molecule has 5 heteroatoms. The summed E-state index contributed by atoms with van der Waals surface area (Å²) in [6, 6.07) is 0. The van der Waals surface area contributed by atoms with Crippen LogP contribution in [-0.4, -0.2) is 35.7 Å². The van der Waals surface area contributed by atoms with E-state index in [2.05, 4.69) is 4.74 Å². The van der Waals surface area contributed by atoms with Gasteiger partial charge in [-0.1, -0.05) is 70.6 Å². The highest BCUT2D eigenvalue weighted by Gasteiger charge is 1.99. The number of thioether (sulfide) groups is 1. The number of carbonyl (C=O) groups is 2. The molecule has 0 spiro atoms. The molecule has 148 valence electrons. The van der Waals surface area contributed by atoms with Crippen molar-refractivity contribution >= 4 is 23.7 Å². The van der Waals surface area contributed by atoms with Crippen LogP contribution in [0.2, 0.25) is 0 Å². The standard InChI is InChI=1S/C20H38O4S/c1-24-20(23)16-18-25-17-14-12-10-8-6-4-2-3-5-7-9-11-13-15-19(21)22/h2-18H2,1H3,(H,21,22). The van der Waals surface area contributed by atoms with Crippen molar-refractivity contribution in [3.8, 4) is 0 Å². The van der Waals surface area contributed by atoms with Crippen molar-refractivity contribution in [1.82, 2.24) is 0 Å². The van der Waals surface area contributed by atoms with Crippen LogP contribution in [-0.2, 0) is 14.3 Å². The fourth-order valence-electron chi connectivity index (χ4n) is 2.78. The summed E-state index contributed by atoms with van der Waals surface area (Å²) in [5.74, 6) is 1.26. The zero-order valence-corrected chi connectivity index (χ0v) is 16.9. The molecule has 0 bridgehead atoms. The van der Waals surface area contributed by atoms with E-state index in [1.807, 2.05) is 11.8 Å². The van der Waals surface area contributed by atoms with Crippen molar-refractivity contribution in [3.05, 3.63) is 0 Å². The van der Waals surface area contributed by atoms with Crippen LogP contribution in [0.4, 0.5) is 0 Å². The third-order valence-electron chi connectivity index (χ3n) is 4.36. The van der Waals surface area contributed by atoms with Gasteiger partial charge in [-0.25, -0.2) is 0 Å². The minimum atomic E-state index is -0.669. The van der Waals surface area contributed by atoms with E-state index < -0.39 is 5.97 Å². The van der Waals surface area contributed by atoms with Gasteiger partial charge in [0.25, 0.3) is 0 Å². The second-order valence-corrected chi connectivity index (χ2v) is 7.90. The van der Waals surface area contributed by atoms with Crippen LogP contribution in [0.1, 0.15) is 96.3 Å². The van der Waals surface area contributed by atoms with E-state index in [1.165, 1.54) is 77.7 Å². The van der Waals surface area contributed by atoms with Crippen molar-refractivity contribution in [2.24, 2.45) is 0 Å². The van der Waals surface area contributed by atoms with Crippen molar-refractivity contribution in [3.63, 3.8) is 0 Å². The second kappa shape index (κ2) is 19.6. The highest BCUT2D eigenvalue weighted by molar-refractivity contribution is 7.99. The number of carboxylic acids is 1. The summed E-state index contributed by atoms with van der Waals surface area (Å²) in [6.45, 7) is 0. The Balaban J connectivity index is 3.03. The predicted molar refractivity (Wildman–Crippen MR) is 106 cm³/mol. The molecule has 0 radical (unpaired) electrons. The smallest absolute Gasteiger partial charge is 0.306 e. The Bertz CT molecular complexity index is 321. The molecular formula is C20H38O4S. The fraction of sp³-hybridized carbons (Fsp3) is 0.900. The number of carbonyl (C=O) groups excluding carboxylic acids is 1. The van der Waals surface area contributed by atoms with Crippen molar-refractivity contribution in [2.45, 2.75) is 96.3 Å². The van der Waals surface area contributed by atoms with E-state index in [0.29, 0.717) is 12.8 Å². The highest BCUT2D eigenvalue weighted by Crippen LogP contribution is 2.14. The summed E-state index contributed by atoms with van der Waals surface area (Å²) in [5, 5.41) is 8.55. The fourth-order valence-corrected chi connectivity index (χ4v) is 3.71. The summed E-state index contributed by atoms with van der Waals surface area (Å²) < 4.78 is 4.62. The lowest BCUT2D eigenvalue weighted by Gasteiger charge is -2.03. The predicted octanol–water partition coefficient (Wildman–Crippen LogP) is 5.83. The molecule has 0 aliphatic rings. The lowest BCUT2D eigenvalue weighted by atomic mass is 10.0. The number of aliphatic carboxylic acids is 1. The Morgan fingerprint density at radius 2 is 1.12 bits per heavy atom. The van der Waals surface area contributed by atoms with Gasteiger partial charge < -0.3 is 9.84 Å². The topological polar surface area (TPSA) is 63.6 Å². The molecule has 0 aliphatic carbocycles. The van der Waals surface area contributed by atoms with E-state index >= 15 is 0 Å². The Labute approximate surface area is 158 Å². The molecule has 0 rings (SSSR count). The normalized spacial score (nSPS) is 10.8. The van der Waals surface area contributed by atoms with Crippen LogP contribution in [0.5, 0.6) is 0 Å². The third kappa shape index (κ3) is 21.2. The van der Waals surface area contributed by atoms with Crippen molar-refractivity contribution < 1.29 is 19.4 Å². The lowest BCUT2D eigenvalue weighted by molar-refractivity contribution is -0.140. The first-order valence-electron chi connectivity index (χ1n) is 10.0. The molecule has 0 heterocycles. The Morgan fingerprint density at radius 3 is 1.56 bits per heavy atom. The Hall–Kier alpha value is -0.710. The molecule has 0 aromatic carbocycles. The van der Waals surface area contributed by atoms with Gasteiger partial charge in [-0.15, -0.1) is 0 Å². The van der Waals surface area contributed by atoms with Gasteiger partial charge in [-0.3, -0.25) is 9.59 Å². The van der Waals surface area contributed by atoms with Gasteiger partial charge in [0, 0.05) is 12.2 Å². The molecule has 25 heavy (non-hydrogen) atoms. The van der Waals surface area contributed by atoms with E-state index in [9.17, 15) is 9.59 Å². The van der Waals surface area contributed by atoms with Gasteiger partial charge in [0.05, 0.1) is 13.5 Å². The van der Waals surface area contributed by atoms with Crippen molar-refractivity contribution in [2.75, 3.05) is 18.6 Å². The molecule has 0 atom stereocenters. The van der Waals surface area contributed by atoms with Gasteiger partial charge in [-0.2, -0.15) is 11.8 Å². The number of methoxy groups -OCH3 is 1. The van der Waals surface area contributed by atoms with E-state index in [1.54, 1.807) is 0 Å². The van der Waals surface area contributed by atoms with Gasteiger partial charge in [-0.05, 0) is 18.6 Å². The second-order valence-electron chi connectivity index (χ2n) is 6.68. The maximum Gasteiger partial charge on any atom is 0.306 e. The average molecular weight is 375 g/mol. The van der Waals surface area contributed by atoms with Crippen molar-refractivity contribution in [1.29, 1.82) is 0 Å². The first kappa shape index (κ1) is 24.3. The van der Waals surface area contributed by atoms with Crippen LogP contribution < -0.4 is 0 Å². The quantitative estimate of drug-likeness (QED) is 0.228. The number of carboxylic acid groups (broad SMARTS) is 1. The third-order valence-corrected chi connectivity index (χ3v) is 5.43. The largest absolute Gasteiger partial charge is 0.481 e. The molecule has 0 fully saturated rings. The summed E-state index contributed by atoms with van der Waals surface area (Å²) in [6.07, 6.45) is 17.1. The number of esters is 1. The molecule has 0 saturated carbocycles. The number of rotatable bonds is 19. The number of hydrogen-bond donors (Lipinski definition) is 1. The highest BCUT2D eigenvalue weighted by atomic mass is 32.2. The monoisotopic (exact) mass is 374 g/mol. The zero-order chi connectivity index (χ0) is 18.6. The first-order valence-corrected chi connectivity index (χ1v) is 11.2. The molecule has 4 nitrogen and oxygen atoms in total. The molecule has 0 amide bonds. The van der Waals surface area contributed by atoms with Crippen LogP contribution >= 0.6 is 11.8 Å². The number of hydrogen-bond acceptors (Lipinski definition) is 4. The number of ether oxygens (including phenoxy) is 1. The molecule has 0 aromatic rings. The van der Waals surface area contributed by atoms with Gasteiger partial charge >= 0.3 is 11.9 Å². The van der Waals surface area contributed by atoms with E-state index in [0.717, 1.165) is 24.3 Å². The molecule has 1 N–H and O–H groups in total. The summed E-state index contributed by atoms with van der Waals surface area (Å²) in [5.41, 5.74) is 0. The average Bonchev–Trinajstić information content (AvgIpc) is 2.60. The molecule has 0 unspecified atom stereocenters.